The molecule has 0 atom stereocenters. The summed E-state index contributed by atoms with van der Waals surface area (Å²) in [5.74, 6) is -1.21. The number of amides is 1. The number of nitrogens with zero attached hydrogens (tertiary/aromatic N) is 2. The van der Waals surface area contributed by atoms with Crippen LogP contribution in [0.2, 0.25) is 0 Å². The minimum Gasteiger partial charge on any atom is -0.477 e. The number of aryl methyl sites for hydroxylation is 1. The molecule has 1 N–H and O–H groups in total. The van der Waals surface area contributed by atoms with E-state index in [1.54, 1.807) is 19.3 Å². The van der Waals surface area contributed by atoms with Crippen LogP contribution < -0.4 is 4.90 Å². The number of aromatic carboxylic acids is 1. The smallest absolute Gasteiger partial charge is 0.352 e. The predicted molar refractivity (Wildman–Crippen MR) is 76.0 cm³/mol. The monoisotopic (exact) mass is 272 g/mol. The number of hydrogen-bond acceptors (Lipinski definition) is 2. The molecule has 0 saturated heterocycles. The summed E-state index contributed by atoms with van der Waals surface area (Å²) >= 11 is 0. The molecule has 0 aliphatic carbocycles. The summed E-state index contributed by atoms with van der Waals surface area (Å²) in [6.07, 6.45) is 1.59. The molecule has 5 heteroatoms. The Morgan fingerprint density at radius 2 is 1.85 bits per heavy atom. The first-order valence-corrected chi connectivity index (χ1v) is 6.20. The Morgan fingerprint density at radius 3 is 2.45 bits per heavy atom. The molecule has 1 heterocycles. The van der Waals surface area contributed by atoms with E-state index in [2.05, 4.69) is 0 Å². The largest absolute Gasteiger partial charge is 0.477 e. The van der Waals surface area contributed by atoms with Crippen molar-refractivity contribution in [2.45, 2.75) is 13.5 Å². The van der Waals surface area contributed by atoms with Gasteiger partial charge in [-0.2, -0.15) is 0 Å². The zero-order valence-corrected chi connectivity index (χ0v) is 11.4. The number of aromatic nitrogens is 1. The van der Waals surface area contributed by atoms with Crippen molar-refractivity contribution in [3.8, 4) is 0 Å². The van der Waals surface area contributed by atoms with Gasteiger partial charge in [0.1, 0.15) is 12.2 Å². The van der Waals surface area contributed by atoms with Gasteiger partial charge in [-0.05, 0) is 31.2 Å². The van der Waals surface area contributed by atoms with Crippen LogP contribution in [0.15, 0.2) is 42.6 Å². The van der Waals surface area contributed by atoms with Gasteiger partial charge in [0.2, 0.25) is 5.91 Å². The number of likely N-dealkylation sites (N-methyl/N-ethyl adjacent to an activating group) is 1. The summed E-state index contributed by atoms with van der Waals surface area (Å²) in [4.78, 5) is 24.7. The first-order valence-electron chi connectivity index (χ1n) is 6.20. The standard InChI is InChI=1S/C15H16N2O3/c1-11-5-7-12(8-6-11)16(2)14(18)10-17-9-3-4-13(17)15(19)20/h3-9H,10H2,1-2H3,(H,19,20). The third-order valence-corrected chi connectivity index (χ3v) is 3.15. The van der Waals surface area contributed by atoms with E-state index in [9.17, 15) is 9.59 Å². The number of anilines is 1. The average molecular weight is 272 g/mol. The maximum atomic E-state index is 12.2. The number of hydrogen-bond donors (Lipinski definition) is 1. The fourth-order valence-electron chi connectivity index (χ4n) is 1.91. The van der Waals surface area contributed by atoms with Crippen LogP contribution in [0, 0.1) is 6.92 Å². The highest BCUT2D eigenvalue weighted by Gasteiger charge is 2.15. The number of benzene rings is 1. The lowest BCUT2D eigenvalue weighted by Crippen LogP contribution is -2.30. The summed E-state index contributed by atoms with van der Waals surface area (Å²) in [5, 5.41) is 9.01. The van der Waals surface area contributed by atoms with Gasteiger partial charge < -0.3 is 14.6 Å². The van der Waals surface area contributed by atoms with Crippen molar-refractivity contribution in [2.75, 3.05) is 11.9 Å². The number of carbonyl (C=O) groups is 2. The first-order chi connectivity index (χ1) is 9.49. The molecule has 0 aliphatic rings. The summed E-state index contributed by atoms with van der Waals surface area (Å²) in [6.45, 7) is 1.98. The van der Waals surface area contributed by atoms with Crippen LogP contribution >= 0.6 is 0 Å². The zero-order valence-electron chi connectivity index (χ0n) is 11.4. The Bertz CT molecular complexity index is 629. The van der Waals surface area contributed by atoms with Gasteiger partial charge in [0, 0.05) is 18.9 Å². The van der Waals surface area contributed by atoms with E-state index < -0.39 is 5.97 Å². The van der Waals surface area contributed by atoms with Crippen molar-refractivity contribution in [3.63, 3.8) is 0 Å². The summed E-state index contributed by atoms with van der Waals surface area (Å²) in [5.41, 5.74) is 2.01. The molecular weight excluding hydrogens is 256 g/mol. The Balaban J connectivity index is 2.13. The number of carboxylic acid groups (broad SMARTS) is 1. The molecule has 0 aliphatic heterocycles. The van der Waals surface area contributed by atoms with Gasteiger partial charge in [0.15, 0.2) is 0 Å². The van der Waals surface area contributed by atoms with Gasteiger partial charge >= 0.3 is 5.97 Å². The topological polar surface area (TPSA) is 62.5 Å². The molecule has 0 fully saturated rings. The van der Waals surface area contributed by atoms with Gasteiger partial charge in [-0.3, -0.25) is 4.79 Å². The van der Waals surface area contributed by atoms with Crippen LogP contribution in [-0.4, -0.2) is 28.6 Å². The van der Waals surface area contributed by atoms with Crippen LogP contribution in [0.5, 0.6) is 0 Å². The van der Waals surface area contributed by atoms with Crippen LogP contribution in [-0.2, 0) is 11.3 Å². The third kappa shape index (κ3) is 2.88. The Labute approximate surface area is 117 Å². The van der Waals surface area contributed by atoms with Crippen LogP contribution in [0.4, 0.5) is 5.69 Å². The van der Waals surface area contributed by atoms with Crippen molar-refractivity contribution in [1.29, 1.82) is 0 Å². The lowest BCUT2D eigenvalue weighted by molar-refractivity contribution is -0.118. The lowest BCUT2D eigenvalue weighted by Gasteiger charge is -2.18. The molecule has 0 bridgehead atoms. The Morgan fingerprint density at radius 1 is 1.20 bits per heavy atom. The van der Waals surface area contributed by atoms with E-state index in [0.717, 1.165) is 11.3 Å². The second-order valence-electron chi connectivity index (χ2n) is 4.61. The lowest BCUT2D eigenvalue weighted by atomic mass is 10.2. The highest BCUT2D eigenvalue weighted by molar-refractivity contribution is 5.93. The SMILES string of the molecule is Cc1ccc(N(C)C(=O)Cn2cccc2C(=O)O)cc1. The molecule has 1 aromatic carbocycles. The highest BCUT2D eigenvalue weighted by Crippen LogP contribution is 2.14. The molecular formula is C15H16N2O3. The molecule has 5 nitrogen and oxygen atoms in total. The van der Waals surface area contributed by atoms with E-state index in [1.807, 2.05) is 31.2 Å². The molecule has 0 spiro atoms. The molecule has 0 radical (unpaired) electrons. The molecule has 2 rings (SSSR count). The fourth-order valence-corrected chi connectivity index (χ4v) is 1.91. The molecule has 20 heavy (non-hydrogen) atoms. The quantitative estimate of drug-likeness (QED) is 0.927. The maximum absolute atomic E-state index is 12.2. The van der Waals surface area contributed by atoms with Gasteiger partial charge in [-0.15, -0.1) is 0 Å². The van der Waals surface area contributed by atoms with Crippen molar-refractivity contribution < 1.29 is 14.7 Å². The second kappa shape index (κ2) is 5.61. The molecule has 2 aromatic rings. The van der Waals surface area contributed by atoms with Gasteiger partial charge in [0.05, 0.1) is 0 Å². The summed E-state index contributed by atoms with van der Waals surface area (Å²) < 4.78 is 1.43. The van der Waals surface area contributed by atoms with Gasteiger partial charge in [0.25, 0.3) is 0 Å². The minimum absolute atomic E-state index is 0.000982. The Hall–Kier alpha value is -2.56. The third-order valence-electron chi connectivity index (χ3n) is 3.15. The van der Waals surface area contributed by atoms with Gasteiger partial charge in [-0.1, -0.05) is 17.7 Å². The highest BCUT2D eigenvalue weighted by atomic mass is 16.4. The normalized spacial score (nSPS) is 10.3. The molecule has 1 amide bonds. The van der Waals surface area contributed by atoms with Crippen LogP contribution in [0.3, 0.4) is 0 Å². The molecule has 104 valence electrons. The number of rotatable bonds is 4. The van der Waals surface area contributed by atoms with E-state index in [0.29, 0.717) is 0 Å². The number of carbonyl (C=O) groups excluding carboxylic acids is 1. The van der Waals surface area contributed by atoms with Gasteiger partial charge in [-0.25, -0.2) is 4.79 Å². The maximum Gasteiger partial charge on any atom is 0.352 e. The first kappa shape index (κ1) is 13.9. The molecule has 1 aromatic heterocycles. The average Bonchev–Trinajstić information content (AvgIpc) is 2.87. The zero-order chi connectivity index (χ0) is 14.7. The van der Waals surface area contributed by atoms with Crippen LogP contribution in [0.1, 0.15) is 16.1 Å². The van der Waals surface area contributed by atoms with Crippen molar-refractivity contribution >= 4 is 17.6 Å². The van der Waals surface area contributed by atoms with E-state index in [1.165, 1.54) is 15.5 Å². The Kier molecular flexibility index (Phi) is 3.89. The number of carboxylic acids is 1. The van der Waals surface area contributed by atoms with E-state index in [-0.39, 0.29) is 18.1 Å². The van der Waals surface area contributed by atoms with E-state index in [4.69, 9.17) is 5.11 Å². The second-order valence-corrected chi connectivity index (χ2v) is 4.61. The molecule has 0 unspecified atom stereocenters. The predicted octanol–water partition coefficient (Wildman–Crippen LogP) is 2.16. The van der Waals surface area contributed by atoms with Crippen LogP contribution in [0.25, 0.3) is 0 Å². The fraction of sp³-hybridized carbons (Fsp3) is 0.200. The summed E-state index contributed by atoms with van der Waals surface area (Å²) in [6, 6.07) is 10.7. The van der Waals surface area contributed by atoms with Crippen molar-refractivity contribution in [2.24, 2.45) is 0 Å². The minimum atomic E-state index is -1.04. The molecule has 0 saturated carbocycles. The van der Waals surface area contributed by atoms with Crippen molar-refractivity contribution in [1.82, 2.24) is 4.57 Å². The van der Waals surface area contributed by atoms with E-state index >= 15 is 0 Å². The summed E-state index contributed by atoms with van der Waals surface area (Å²) in [7, 11) is 1.68. The van der Waals surface area contributed by atoms with Crippen molar-refractivity contribution in [3.05, 3.63) is 53.9 Å².